The summed E-state index contributed by atoms with van der Waals surface area (Å²) in [6, 6.07) is 13.8. The minimum absolute atomic E-state index is 0.173. The maximum atomic E-state index is 12.3. The van der Waals surface area contributed by atoms with Gasteiger partial charge in [-0.25, -0.2) is 0 Å². The van der Waals surface area contributed by atoms with Gasteiger partial charge >= 0.3 is 6.36 Å². The Morgan fingerprint density at radius 1 is 0.952 bits per heavy atom. The Labute approximate surface area is 129 Å². The van der Waals surface area contributed by atoms with Crippen molar-refractivity contribution in [1.29, 1.82) is 0 Å². The number of halogens is 4. The summed E-state index contributed by atoms with van der Waals surface area (Å²) in [5, 5.41) is 3.10. The number of hydrogen-bond donors (Lipinski definition) is 1. The fourth-order valence-corrected chi connectivity index (χ4v) is 2.08. The zero-order chi connectivity index (χ0) is 15.3. The first kappa shape index (κ1) is 15.9. The van der Waals surface area contributed by atoms with Crippen LogP contribution < -0.4 is 10.1 Å². The Bertz CT molecular complexity index is 584. The average Bonchev–Trinajstić information content (AvgIpc) is 2.41. The van der Waals surface area contributed by atoms with E-state index in [-0.39, 0.29) is 5.75 Å². The van der Waals surface area contributed by atoms with Gasteiger partial charge < -0.3 is 10.1 Å². The molecule has 0 spiro atoms. The number of hydrogen-bond acceptors (Lipinski definition) is 2. The van der Waals surface area contributed by atoms with E-state index in [0.29, 0.717) is 18.7 Å². The molecule has 0 amide bonds. The fourth-order valence-electron chi connectivity index (χ4n) is 1.82. The van der Waals surface area contributed by atoms with Gasteiger partial charge in [-0.05, 0) is 23.8 Å². The summed E-state index contributed by atoms with van der Waals surface area (Å²) in [7, 11) is 0. The third kappa shape index (κ3) is 5.40. The van der Waals surface area contributed by atoms with E-state index >= 15 is 0 Å². The molecule has 0 aliphatic rings. The van der Waals surface area contributed by atoms with Crippen LogP contribution in [-0.2, 0) is 13.1 Å². The van der Waals surface area contributed by atoms with Crippen molar-refractivity contribution in [3.8, 4) is 5.75 Å². The molecular weight excluding hydrogens is 347 g/mol. The van der Waals surface area contributed by atoms with Crippen molar-refractivity contribution in [3.05, 3.63) is 64.1 Å². The molecule has 2 rings (SSSR count). The summed E-state index contributed by atoms with van der Waals surface area (Å²) >= 11 is 3.34. The van der Waals surface area contributed by atoms with Gasteiger partial charge in [0.15, 0.2) is 0 Å². The van der Waals surface area contributed by atoms with Crippen molar-refractivity contribution in [1.82, 2.24) is 5.32 Å². The van der Waals surface area contributed by atoms with E-state index in [9.17, 15) is 13.2 Å². The van der Waals surface area contributed by atoms with Crippen LogP contribution in [0, 0.1) is 0 Å². The Morgan fingerprint density at radius 3 is 2.29 bits per heavy atom. The number of rotatable bonds is 5. The highest BCUT2D eigenvalue weighted by Crippen LogP contribution is 2.26. The zero-order valence-electron chi connectivity index (χ0n) is 11.0. The van der Waals surface area contributed by atoms with Crippen molar-refractivity contribution in [2.24, 2.45) is 0 Å². The molecule has 0 saturated carbocycles. The predicted octanol–water partition coefficient (Wildman–Crippen LogP) is 4.64. The van der Waals surface area contributed by atoms with Gasteiger partial charge in [-0.3, -0.25) is 0 Å². The largest absolute Gasteiger partial charge is 0.573 e. The molecule has 0 saturated heterocycles. The van der Waals surface area contributed by atoms with Gasteiger partial charge in [0.1, 0.15) is 5.75 Å². The van der Waals surface area contributed by atoms with Gasteiger partial charge in [-0.1, -0.05) is 46.3 Å². The summed E-state index contributed by atoms with van der Waals surface area (Å²) in [5.41, 5.74) is 1.51. The first-order chi connectivity index (χ1) is 9.94. The molecule has 0 fully saturated rings. The van der Waals surface area contributed by atoms with E-state index in [1.807, 2.05) is 24.3 Å². The molecule has 112 valence electrons. The number of nitrogens with one attached hydrogen (secondary N) is 1. The predicted molar refractivity (Wildman–Crippen MR) is 77.8 cm³/mol. The van der Waals surface area contributed by atoms with Crippen LogP contribution in [0.2, 0.25) is 0 Å². The van der Waals surface area contributed by atoms with Gasteiger partial charge in [0.25, 0.3) is 0 Å². The lowest BCUT2D eigenvalue weighted by Crippen LogP contribution is -2.20. The molecule has 2 nitrogen and oxygen atoms in total. The Kier molecular flexibility index (Phi) is 5.25. The van der Waals surface area contributed by atoms with Crippen LogP contribution in [0.3, 0.4) is 0 Å². The summed E-state index contributed by atoms with van der Waals surface area (Å²) in [6.45, 7) is 0.857. The quantitative estimate of drug-likeness (QED) is 0.839. The molecule has 21 heavy (non-hydrogen) atoms. The Hall–Kier alpha value is -1.53. The fraction of sp³-hybridized carbons (Fsp3) is 0.200. The summed E-state index contributed by atoms with van der Waals surface area (Å²) in [4.78, 5) is 0. The average molecular weight is 360 g/mol. The standard InChI is InChI=1S/C15H13BrF3NO/c16-13-7-5-11(6-8-13)9-20-10-12-3-1-2-4-14(12)21-15(17,18)19/h1-8,20H,9-10H2. The Balaban J connectivity index is 1.95. The lowest BCUT2D eigenvalue weighted by molar-refractivity contribution is -0.274. The van der Waals surface area contributed by atoms with E-state index in [4.69, 9.17) is 0 Å². The lowest BCUT2D eigenvalue weighted by Gasteiger charge is -2.13. The third-order valence-corrected chi connectivity index (χ3v) is 3.28. The maximum absolute atomic E-state index is 12.3. The monoisotopic (exact) mass is 359 g/mol. The van der Waals surface area contributed by atoms with E-state index in [2.05, 4.69) is 26.0 Å². The third-order valence-electron chi connectivity index (χ3n) is 2.76. The smallest absolute Gasteiger partial charge is 0.405 e. The second kappa shape index (κ2) is 6.95. The van der Waals surface area contributed by atoms with E-state index in [1.165, 1.54) is 12.1 Å². The summed E-state index contributed by atoms with van der Waals surface area (Å²) < 4.78 is 41.9. The minimum Gasteiger partial charge on any atom is -0.405 e. The highest BCUT2D eigenvalue weighted by molar-refractivity contribution is 9.10. The van der Waals surface area contributed by atoms with Crippen molar-refractivity contribution < 1.29 is 17.9 Å². The molecule has 2 aromatic rings. The van der Waals surface area contributed by atoms with Gasteiger partial charge in [0.2, 0.25) is 0 Å². The first-order valence-corrected chi connectivity index (χ1v) is 7.02. The van der Waals surface area contributed by atoms with E-state index in [1.54, 1.807) is 12.1 Å². The van der Waals surface area contributed by atoms with E-state index in [0.717, 1.165) is 10.0 Å². The molecular formula is C15H13BrF3NO. The molecule has 2 aromatic carbocycles. The van der Waals surface area contributed by atoms with Crippen molar-refractivity contribution in [2.75, 3.05) is 0 Å². The van der Waals surface area contributed by atoms with Gasteiger partial charge in [-0.15, -0.1) is 13.2 Å². The van der Waals surface area contributed by atoms with Crippen LogP contribution in [0.1, 0.15) is 11.1 Å². The van der Waals surface area contributed by atoms with Crippen molar-refractivity contribution >= 4 is 15.9 Å². The maximum Gasteiger partial charge on any atom is 0.573 e. The molecule has 0 bridgehead atoms. The van der Waals surface area contributed by atoms with Crippen molar-refractivity contribution in [3.63, 3.8) is 0 Å². The highest BCUT2D eigenvalue weighted by atomic mass is 79.9. The molecule has 0 aromatic heterocycles. The van der Waals surface area contributed by atoms with Crippen LogP contribution in [0.15, 0.2) is 53.0 Å². The number of benzene rings is 2. The lowest BCUT2D eigenvalue weighted by atomic mass is 10.2. The molecule has 1 N–H and O–H groups in total. The SMILES string of the molecule is FC(F)(F)Oc1ccccc1CNCc1ccc(Br)cc1. The second-order valence-corrected chi connectivity index (χ2v) is 5.30. The number of alkyl halides is 3. The minimum atomic E-state index is -4.68. The number of ether oxygens (including phenoxy) is 1. The summed E-state index contributed by atoms with van der Waals surface area (Å²) in [6.07, 6.45) is -4.68. The molecule has 0 atom stereocenters. The van der Waals surface area contributed by atoms with Gasteiger partial charge in [0.05, 0.1) is 0 Å². The van der Waals surface area contributed by atoms with Gasteiger partial charge in [0, 0.05) is 23.1 Å². The summed E-state index contributed by atoms with van der Waals surface area (Å²) in [5.74, 6) is -0.173. The second-order valence-electron chi connectivity index (χ2n) is 4.39. The molecule has 0 unspecified atom stereocenters. The topological polar surface area (TPSA) is 21.3 Å². The number of para-hydroxylation sites is 1. The van der Waals surface area contributed by atoms with Gasteiger partial charge in [-0.2, -0.15) is 0 Å². The first-order valence-electron chi connectivity index (χ1n) is 6.23. The van der Waals surface area contributed by atoms with Crippen molar-refractivity contribution in [2.45, 2.75) is 19.5 Å². The van der Waals surface area contributed by atoms with Crippen LogP contribution in [0.25, 0.3) is 0 Å². The normalized spacial score (nSPS) is 11.4. The van der Waals surface area contributed by atoms with Crippen LogP contribution in [0.5, 0.6) is 5.75 Å². The van der Waals surface area contributed by atoms with Crippen LogP contribution in [0.4, 0.5) is 13.2 Å². The van der Waals surface area contributed by atoms with Crippen LogP contribution >= 0.6 is 15.9 Å². The molecule has 6 heteroatoms. The highest BCUT2D eigenvalue weighted by Gasteiger charge is 2.31. The molecule has 0 radical (unpaired) electrons. The molecule has 0 aliphatic heterocycles. The van der Waals surface area contributed by atoms with Crippen LogP contribution in [-0.4, -0.2) is 6.36 Å². The Morgan fingerprint density at radius 2 is 1.62 bits per heavy atom. The molecule has 0 aliphatic carbocycles. The van der Waals surface area contributed by atoms with E-state index < -0.39 is 6.36 Å². The zero-order valence-corrected chi connectivity index (χ0v) is 12.5. The molecule has 0 heterocycles.